The molecule has 0 spiro atoms. The van der Waals surface area contributed by atoms with Crippen molar-refractivity contribution in [3.63, 3.8) is 0 Å². The minimum Gasteiger partial charge on any atom is -0.0312 e. The first-order valence-electron chi connectivity index (χ1n) is 4.56. The van der Waals surface area contributed by atoms with Crippen LogP contribution in [-0.4, -0.2) is 0 Å². The van der Waals surface area contributed by atoms with E-state index in [2.05, 4.69) is 46.4 Å². The van der Waals surface area contributed by atoms with Gasteiger partial charge in [0.05, 0.1) is 0 Å². The third-order valence-corrected chi connectivity index (χ3v) is 1.38. The molecule has 6 heteroatoms. The van der Waals surface area contributed by atoms with E-state index >= 15 is 0 Å². The van der Waals surface area contributed by atoms with Gasteiger partial charge in [0.1, 0.15) is 0 Å². The van der Waals surface area contributed by atoms with Gasteiger partial charge in [0.15, 0.2) is 0 Å². The van der Waals surface area contributed by atoms with Gasteiger partial charge in [-0.25, -0.2) is 0 Å². The molecule has 2 aliphatic carbocycles. The Hall–Kier alpha value is -0.0270. The average Bonchev–Trinajstić information content (AvgIpc) is 3.23. The van der Waals surface area contributed by atoms with Crippen molar-refractivity contribution in [1.82, 2.24) is 0 Å². The van der Waals surface area contributed by atoms with Gasteiger partial charge in [0.2, 0.25) is 0 Å². The van der Waals surface area contributed by atoms with Crippen LogP contribution in [0.1, 0.15) is 6.92 Å². The Morgan fingerprint density at radius 3 is 0.810 bits per heavy atom. The van der Waals surface area contributed by atoms with Crippen LogP contribution in [-0.2, 0) is 52.2 Å². The summed E-state index contributed by atoms with van der Waals surface area (Å²) in [6, 6.07) is 0. The van der Waals surface area contributed by atoms with E-state index in [1.165, 1.54) is 5.92 Å². The Labute approximate surface area is 149 Å². The Morgan fingerprint density at radius 1 is 0.524 bits per heavy atom. The molecule has 0 aliphatic heterocycles. The van der Waals surface area contributed by atoms with Gasteiger partial charge >= 0.3 is 45.2 Å². The van der Waals surface area contributed by atoms with Crippen LogP contribution >= 0.6 is 0 Å². The summed E-state index contributed by atoms with van der Waals surface area (Å²) < 4.78 is 30.0. The summed E-state index contributed by atoms with van der Waals surface area (Å²) >= 11 is 0. The van der Waals surface area contributed by atoms with Crippen molar-refractivity contribution in [3.05, 3.63) is 90.3 Å². The number of hydrogen-bond donors (Lipinski definition) is 0. The van der Waals surface area contributed by atoms with E-state index < -0.39 is 0 Å². The topological polar surface area (TPSA) is 79.6 Å². The molecule has 4 nitrogen and oxygen atoms in total. The van der Waals surface area contributed by atoms with Crippen LogP contribution in [0.5, 0.6) is 0 Å². The Morgan fingerprint density at radius 2 is 0.714 bits per heavy atom. The zero-order valence-electron chi connectivity index (χ0n) is 11.0. The van der Waals surface area contributed by atoms with Gasteiger partial charge in [-0.15, -0.1) is 0 Å². The predicted molar refractivity (Wildman–Crippen MR) is 63.3 cm³/mol. The smallest absolute Gasteiger partial charge is 0 e. The molecular formula is C15H12Co2O4. The van der Waals surface area contributed by atoms with Gasteiger partial charge in [-0.2, -0.15) is 0 Å². The molecule has 2 saturated carbocycles. The van der Waals surface area contributed by atoms with Crippen LogP contribution in [0.3, 0.4) is 0 Å². The molecule has 0 heterocycles. The van der Waals surface area contributed by atoms with Crippen LogP contribution in [0.4, 0.5) is 0 Å². The average molecular weight is 374 g/mol. The molecule has 0 atom stereocenters. The summed E-state index contributed by atoms with van der Waals surface area (Å²) in [5.41, 5.74) is 0. The van der Waals surface area contributed by atoms with Gasteiger partial charge in [-0.05, 0) is 63.7 Å². The summed E-state index contributed by atoms with van der Waals surface area (Å²) in [6.45, 7) is 20.1. The molecule has 114 valence electrons. The third-order valence-electron chi connectivity index (χ3n) is 1.38. The molecule has 0 N–H and O–H groups in total. The Bertz CT molecular complexity index is 183. The molecule has 0 aromatic carbocycles. The largest absolute Gasteiger partial charge is 0.0312 e. The van der Waals surface area contributed by atoms with E-state index in [1.54, 1.807) is 0 Å². The van der Waals surface area contributed by atoms with Crippen LogP contribution in [0.15, 0.2) is 0 Å². The molecule has 0 aromatic rings. The van der Waals surface area contributed by atoms with E-state index in [4.69, 9.17) is 18.6 Å². The fraction of sp³-hybridized carbons (Fsp3) is 0.0667. The molecule has 21 heavy (non-hydrogen) atoms. The molecule has 0 bridgehead atoms. The Kier molecular flexibility index (Phi) is 89.1. The minimum atomic E-state index is 0. The molecular weight excluding hydrogens is 362 g/mol. The van der Waals surface area contributed by atoms with Crippen LogP contribution in [0.2, 0.25) is 0 Å². The standard InChI is InChI=1S/C6H7.C5H5.4CO.2Co/c1-6-4-2-3-5-6;1-2-4-5-3-1;4*1-2;;/h2-5H,1H3;1-5H;;;;;;. The molecule has 0 saturated heterocycles. The molecule has 0 amide bonds. The fourth-order valence-corrected chi connectivity index (χ4v) is 0.791. The van der Waals surface area contributed by atoms with Crippen LogP contribution in [0.25, 0.3) is 0 Å². The van der Waals surface area contributed by atoms with Gasteiger partial charge in [0.25, 0.3) is 0 Å². The molecule has 2 aliphatic rings. The van der Waals surface area contributed by atoms with Crippen molar-refractivity contribution in [3.8, 4) is 0 Å². The zero-order chi connectivity index (χ0) is 15.9. The summed E-state index contributed by atoms with van der Waals surface area (Å²) in [4.78, 5) is 0. The maximum atomic E-state index is 7.50. The van der Waals surface area contributed by atoms with Crippen LogP contribution < -0.4 is 0 Å². The summed E-state index contributed by atoms with van der Waals surface area (Å²) in [7, 11) is 0. The second-order valence-corrected chi connectivity index (χ2v) is 2.42. The normalized spacial score (nSPS) is 13.4. The van der Waals surface area contributed by atoms with Crippen molar-refractivity contribution in [2.45, 2.75) is 6.92 Å². The third kappa shape index (κ3) is 45.0. The van der Waals surface area contributed by atoms with E-state index in [-0.39, 0.29) is 33.6 Å². The van der Waals surface area contributed by atoms with Crippen molar-refractivity contribution < 1.29 is 52.2 Å². The summed E-state index contributed by atoms with van der Waals surface area (Å²) in [5, 5.41) is 0. The number of rotatable bonds is 0. The maximum absolute atomic E-state index is 7.50. The second-order valence-electron chi connectivity index (χ2n) is 2.42. The molecule has 0 unspecified atom stereocenters. The molecule has 12 radical (unpaired) electrons. The molecule has 0 aromatic heterocycles. The van der Waals surface area contributed by atoms with E-state index in [1.807, 2.05) is 44.9 Å². The fourth-order valence-electron chi connectivity index (χ4n) is 0.791. The van der Waals surface area contributed by atoms with Gasteiger partial charge < -0.3 is 0 Å². The zero-order valence-corrected chi connectivity index (χ0v) is 13.1. The van der Waals surface area contributed by atoms with Gasteiger partial charge in [-0.1, -0.05) is 6.92 Å². The first kappa shape index (κ1) is 37.3. The molecule has 2 rings (SSSR count). The van der Waals surface area contributed by atoms with E-state index in [0.717, 1.165) is 0 Å². The Balaban J connectivity index is -0.0000000346. The van der Waals surface area contributed by atoms with Crippen molar-refractivity contribution in [1.29, 1.82) is 0 Å². The molecule has 2 fully saturated rings. The monoisotopic (exact) mass is 374 g/mol. The van der Waals surface area contributed by atoms with Gasteiger partial charge in [-0.3, -0.25) is 0 Å². The van der Waals surface area contributed by atoms with Crippen LogP contribution in [0, 0.1) is 90.3 Å². The van der Waals surface area contributed by atoms with Crippen molar-refractivity contribution in [2.24, 2.45) is 0 Å². The summed E-state index contributed by atoms with van der Waals surface area (Å²) in [6.07, 6.45) is 18.2. The maximum Gasteiger partial charge on any atom is 0 e. The SMILES string of the molecule is C[C]1[CH][CH][CH][CH]1.[C-]#[O+].[C-]#[O+].[C-]#[O+].[C-]#[O+].[CH]1[CH][CH][CH][CH]1.[Co].[Co]. The number of hydrogen-bond acceptors (Lipinski definition) is 0. The summed E-state index contributed by atoms with van der Waals surface area (Å²) in [5.74, 6) is 1.34. The van der Waals surface area contributed by atoms with Gasteiger partial charge in [0, 0.05) is 33.6 Å². The first-order chi connectivity index (χ1) is 9.39. The van der Waals surface area contributed by atoms with Crippen molar-refractivity contribution >= 4 is 0 Å². The van der Waals surface area contributed by atoms with Crippen molar-refractivity contribution in [2.75, 3.05) is 0 Å². The minimum absolute atomic E-state index is 0. The quantitative estimate of drug-likeness (QED) is 0.461. The second kappa shape index (κ2) is 50.2. The van der Waals surface area contributed by atoms with E-state index in [9.17, 15) is 0 Å². The first-order valence-corrected chi connectivity index (χ1v) is 4.56. The predicted octanol–water partition coefficient (Wildman–Crippen LogP) is 2.28. The van der Waals surface area contributed by atoms with E-state index in [0.29, 0.717) is 0 Å².